The van der Waals surface area contributed by atoms with Gasteiger partial charge in [0.15, 0.2) is 0 Å². The quantitative estimate of drug-likeness (QED) is 0.927. The number of para-hydroxylation sites is 1. The van der Waals surface area contributed by atoms with Gasteiger partial charge in [0.1, 0.15) is 17.6 Å². The number of hydrogen-bond acceptors (Lipinski definition) is 3. The van der Waals surface area contributed by atoms with Crippen LogP contribution in [0.4, 0.5) is 0 Å². The molecule has 0 unspecified atom stereocenters. The molecule has 96 valence electrons. The number of nitriles is 1. The van der Waals surface area contributed by atoms with Crippen LogP contribution in [0, 0.1) is 11.3 Å². The van der Waals surface area contributed by atoms with Gasteiger partial charge in [-0.05, 0) is 30.2 Å². The second-order valence-corrected chi connectivity index (χ2v) is 4.34. The molecule has 0 amide bonds. The van der Waals surface area contributed by atoms with Crippen LogP contribution in [0.25, 0.3) is 0 Å². The maximum atomic E-state index is 9.01. The molecule has 0 radical (unpaired) electrons. The zero-order valence-electron chi connectivity index (χ0n) is 10.1. The lowest BCUT2D eigenvalue weighted by atomic mass is 10.1. The smallest absolute Gasteiger partial charge is 0.130 e. The summed E-state index contributed by atoms with van der Waals surface area (Å²) in [5.41, 5.74) is 1.34. The predicted octanol–water partition coefficient (Wildman–Crippen LogP) is 3.54. The van der Waals surface area contributed by atoms with Crippen molar-refractivity contribution in [2.24, 2.45) is 0 Å². The number of aliphatic hydroxyl groups is 1. The van der Waals surface area contributed by atoms with Crippen molar-refractivity contribution < 1.29 is 9.84 Å². The molecule has 0 saturated heterocycles. The Balaban J connectivity index is 2.26. The van der Waals surface area contributed by atoms with Gasteiger partial charge >= 0.3 is 0 Å². The highest BCUT2D eigenvalue weighted by molar-refractivity contribution is 6.31. The number of rotatable bonds is 4. The molecule has 0 atom stereocenters. The molecular formula is C15H12ClNO2. The number of ether oxygens (including phenoxy) is 1. The summed E-state index contributed by atoms with van der Waals surface area (Å²) in [6, 6.07) is 14.4. The van der Waals surface area contributed by atoms with Crippen molar-refractivity contribution in [3.05, 3.63) is 58.6 Å². The fraction of sp³-hybridized carbons (Fsp3) is 0.133. The van der Waals surface area contributed by atoms with Crippen LogP contribution in [-0.2, 0) is 6.42 Å². The summed E-state index contributed by atoms with van der Waals surface area (Å²) in [5.74, 6) is 1.24. The van der Waals surface area contributed by atoms with Crippen LogP contribution in [0.15, 0.2) is 42.5 Å². The molecule has 3 nitrogen and oxygen atoms in total. The lowest BCUT2D eigenvalue weighted by Crippen LogP contribution is -1.95. The second-order valence-electron chi connectivity index (χ2n) is 3.94. The zero-order chi connectivity index (χ0) is 13.7. The first kappa shape index (κ1) is 13.4. The first-order valence-corrected chi connectivity index (χ1v) is 6.18. The highest BCUT2D eigenvalue weighted by Crippen LogP contribution is 2.28. The van der Waals surface area contributed by atoms with E-state index in [1.807, 2.05) is 30.3 Å². The summed E-state index contributed by atoms with van der Waals surface area (Å²) in [6.07, 6.45) is 0.528. The van der Waals surface area contributed by atoms with Crippen LogP contribution in [0.2, 0.25) is 5.02 Å². The third-order valence-corrected chi connectivity index (χ3v) is 2.96. The number of benzene rings is 2. The molecule has 4 heteroatoms. The SMILES string of the molecule is N#Cc1ccc(Oc2ccccc2CCO)cc1Cl. The van der Waals surface area contributed by atoms with Crippen LogP contribution in [0.3, 0.4) is 0 Å². The molecule has 2 aromatic rings. The minimum absolute atomic E-state index is 0.0640. The Morgan fingerprint density at radius 1 is 1.21 bits per heavy atom. The minimum Gasteiger partial charge on any atom is -0.457 e. The summed E-state index contributed by atoms with van der Waals surface area (Å²) in [5, 5.41) is 18.2. The molecule has 2 aromatic carbocycles. The van der Waals surface area contributed by atoms with E-state index in [9.17, 15) is 0 Å². The monoisotopic (exact) mass is 273 g/mol. The van der Waals surface area contributed by atoms with Crippen molar-refractivity contribution in [2.45, 2.75) is 6.42 Å². The van der Waals surface area contributed by atoms with E-state index in [1.54, 1.807) is 18.2 Å². The fourth-order valence-corrected chi connectivity index (χ4v) is 1.92. The van der Waals surface area contributed by atoms with Crippen molar-refractivity contribution in [1.29, 1.82) is 5.26 Å². The van der Waals surface area contributed by atoms with E-state index in [0.29, 0.717) is 28.5 Å². The van der Waals surface area contributed by atoms with Crippen LogP contribution in [0.1, 0.15) is 11.1 Å². The van der Waals surface area contributed by atoms with Gasteiger partial charge in [-0.2, -0.15) is 5.26 Å². The first-order valence-electron chi connectivity index (χ1n) is 5.81. The Hall–Kier alpha value is -2.02. The molecule has 0 fully saturated rings. The molecule has 0 saturated carbocycles. The van der Waals surface area contributed by atoms with Crippen molar-refractivity contribution >= 4 is 11.6 Å². The molecule has 0 aliphatic carbocycles. The van der Waals surface area contributed by atoms with Crippen molar-refractivity contribution in [3.63, 3.8) is 0 Å². The Morgan fingerprint density at radius 3 is 2.68 bits per heavy atom. The molecule has 0 bridgehead atoms. The average Bonchev–Trinajstić information content (AvgIpc) is 2.41. The largest absolute Gasteiger partial charge is 0.457 e. The molecule has 19 heavy (non-hydrogen) atoms. The third kappa shape index (κ3) is 3.25. The normalized spacial score (nSPS) is 9.95. The molecule has 2 rings (SSSR count). The van der Waals surface area contributed by atoms with Gasteiger partial charge in [0.05, 0.1) is 10.6 Å². The Bertz CT molecular complexity index is 620. The summed E-state index contributed by atoms with van der Waals surface area (Å²) in [4.78, 5) is 0. The van der Waals surface area contributed by atoms with E-state index in [0.717, 1.165) is 5.56 Å². The Morgan fingerprint density at radius 2 is 2.00 bits per heavy atom. The van der Waals surface area contributed by atoms with E-state index in [4.69, 9.17) is 26.7 Å². The molecular weight excluding hydrogens is 262 g/mol. The summed E-state index contributed by atoms with van der Waals surface area (Å²) in [7, 11) is 0. The van der Waals surface area contributed by atoms with E-state index in [-0.39, 0.29) is 6.61 Å². The van der Waals surface area contributed by atoms with E-state index >= 15 is 0 Å². The van der Waals surface area contributed by atoms with Crippen LogP contribution >= 0.6 is 11.6 Å². The van der Waals surface area contributed by atoms with Gasteiger partial charge in [-0.3, -0.25) is 0 Å². The number of hydrogen-bond donors (Lipinski definition) is 1. The van der Waals surface area contributed by atoms with E-state index in [1.165, 1.54) is 0 Å². The fourth-order valence-electron chi connectivity index (χ4n) is 1.71. The zero-order valence-corrected chi connectivity index (χ0v) is 10.9. The minimum atomic E-state index is 0.0640. The number of aliphatic hydroxyl groups excluding tert-OH is 1. The first-order chi connectivity index (χ1) is 9.24. The van der Waals surface area contributed by atoms with Crippen molar-refractivity contribution in [2.75, 3.05) is 6.61 Å². The lowest BCUT2D eigenvalue weighted by molar-refractivity contribution is 0.298. The molecule has 0 aromatic heterocycles. The van der Waals surface area contributed by atoms with Gasteiger partial charge in [-0.25, -0.2) is 0 Å². The molecule has 0 aliphatic rings. The van der Waals surface area contributed by atoms with Gasteiger partial charge in [-0.15, -0.1) is 0 Å². The second kappa shape index (κ2) is 6.24. The van der Waals surface area contributed by atoms with Gasteiger partial charge in [-0.1, -0.05) is 29.8 Å². The van der Waals surface area contributed by atoms with Crippen LogP contribution in [-0.4, -0.2) is 11.7 Å². The predicted molar refractivity (Wildman–Crippen MR) is 73.5 cm³/mol. The average molecular weight is 274 g/mol. The number of halogens is 1. The maximum absolute atomic E-state index is 9.01. The molecule has 0 heterocycles. The Kier molecular flexibility index (Phi) is 4.40. The van der Waals surface area contributed by atoms with Gasteiger partial charge in [0.2, 0.25) is 0 Å². The highest BCUT2D eigenvalue weighted by atomic mass is 35.5. The molecule has 0 spiro atoms. The highest BCUT2D eigenvalue weighted by Gasteiger charge is 2.06. The van der Waals surface area contributed by atoms with Crippen LogP contribution < -0.4 is 4.74 Å². The van der Waals surface area contributed by atoms with Gasteiger partial charge < -0.3 is 9.84 Å². The van der Waals surface area contributed by atoms with E-state index < -0.39 is 0 Å². The third-order valence-electron chi connectivity index (χ3n) is 2.64. The van der Waals surface area contributed by atoms with Crippen molar-refractivity contribution in [1.82, 2.24) is 0 Å². The van der Waals surface area contributed by atoms with E-state index in [2.05, 4.69) is 0 Å². The Labute approximate surface area is 116 Å². The molecule has 0 aliphatic heterocycles. The summed E-state index contributed by atoms with van der Waals surface area (Å²) in [6.45, 7) is 0.0640. The van der Waals surface area contributed by atoms with Gasteiger partial charge in [0, 0.05) is 12.7 Å². The summed E-state index contributed by atoms with van der Waals surface area (Å²) >= 11 is 5.95. The lowest BCUT2D eigenvalue weighted by Gasteiger charge is -2.10. The summed E-state index contributed by atoms with van der Waals surface area (Å²) < 4.78 is 5.74. The number of nitrogens with zero attached hydrogens (tertiary/aromatic N) is 1. The van der Waals surface area contributed by atoms with Crippen LogP contribution in [0.5, 0.6) is 11.5 Å². The topological polar surface area (TPSA) is 53.2 Å². The van der Waals surface area contributed by atoms with Gasteiger partial charge in [0.25, 0.3) is 0 Å². The molecule has 1 N–H and O–H groups in total. The maximum Gasteiger partial charge on any atom is 0.130 e. The van der Waals surface area contributed by atoms with Crippen molar-refractivity contribution in [3.8, 4) is 17.6 Å². The standard InChI is InChI=1S/C15H12ClNO2/c16-14-9-13(6-5-12(14)10-17)19-15-4-2-1-3-11(15)7-8-18/h1-6,9,18H,7-8H2.